The SMILES string of the molecule is CC(C)C1NC(=O)C(C(C)C)NC(=O)[C@@H](NC(=O)OC(C)(C)C)C/C=C\C[C@@H](C(=O)OCc2ccccc2)NC1=O. The van der Waals surface area contributed by atoms with E-state index in [-0.39, 0.29) is 31.3 Å². The number of carbonyl (C=O) groups is 5. The zero-order chi connectivity index (χ0) is 30.7. The van der Waals surface area contributed by atoms with Crippen molar-refractivity contribution in [2.75, 3.05) is 0 Å². The molecule has 11 heteroatoms. The van der Waals surface area contributed by atoms with Crippen molar-refractivity contribution in [1.29, 1.82) is 0 Å². The number of nitrogens with one attached hydrogen (secondary N) is 4. The molecule has 11 nitrogen and oxygen atoms in total. The Morgan fingerprint density at radius 1 is 0.854 bits per heavy atom. The van der Waals surface area contributed by atoms with Gasteiger partial charge in [-0.3, -0.25) is 14.4 Å². The van der Waals surface area contributed by atoms with Crippen LogP contribution in [0.4, 0.5) is 4.79 Å². The molecule has 0 bridgehead atoms. The topological polar surface area (TPSA) is 152 Å². The van der Waals surface area contributed by atoms with Gasteiger partial charge in [0.1, 0.15) is 36.4 Å². The van der Waals surface area contributed by atoms with Crippen molar-refractivity contribution >= 4 is 29.8 Å². The molecule has 0 saturated heterocycles. The molecule has 0 spiro atoms. The third-order valence-corrected chi connectivity index (χ3v) is 6.24. The Morgan fingerprint density at radius 3 is 1.95 bits per heavy atom. The molecule has 2 unspecified atom stereocenters. The van der Waals surface area contributed by atoms with E-state index < -0.39 is 59.6 Å². The average Bonchev–Trinajstić information content (AvgIpc) is 2.88. The van der Waals surface area contributed by atoms with Crippen LogP contribution in [0.1, 0.15) is 66.9 Å². The zero-order valence-corrected chi connectivity index (χ0v) is 25.0. The van der Waals surface area contributed by atoms with Gasteiger partial charge in [0.15, 0.2) is 0 Å². The molecule has 4 N–H and O–H groups in total. The van der Waals surface area contributed by atoms with Gasteiger partial charge < -0.3 is 30.7 Å². The fourth-order valence-electron chi connectivity index (χ4n) is 4.02. The maximum absolute atomic E-state index is 13.3. The number of hydrogen-bond acceptors (Lipinski definition) is 7. The number of alkyl carbamates (subject to hydrolysis) is 1. The predicted octanol–water partition coefficient (Wildman–Crippen LogP) is 2.74. The summed E-state index contributed by atoms with van der Waals surface area (Å²) in [5.41, 5.74) is 0.00752. The highest BCUT2D eigenvalue weighted by Gasteiger charge is 2.34. The second-order valence-electron chi connectivity index (χ2n) is 11.8. The minimum atomic E-state index is -1.06. The Hall–Kier alpha value is -3.89. The van der Waals surface area contributed by atoms with Crippen molar-refractivity contribution in [2.24, 2.45) is 11.8 Å². The molecule has 1 aliphatic heterocycles. The summed E-state index contributed by atoms with van der Waals surface area (Å²) in [6.45, 7) is 12.2. The zero-order valence-electron chi connectivity index (χ0n) is 25.0. The van der Waals surface area contributed by atoms with Gasteiger partial charge in [0.25, 0.3) is 0 Å². The Kier molecular flexibility index (Phi) is 12.4. The van der Waals surface area contributed by atoms with Crippen LogP contribution in [0.5, 0.6) is 0 Å². The molecule has 0 radical (unpaired) electrons. The van der Waals surface area contributed by atoms with E-state index in [9.17, 15) is 24.0 Å². The number of benzene rings is 1. The minimum absolute atomic E-state index is 0.0260. The van der Waals surface area contributed by atoms with E-state index >= 15 is 0 Å². The lowest BCUT2D eigenvalue weighted by atomic mass is 9.98. The van der Waals surface area contributed by atoms with Crippen LogP contribution in [0.25, 0.3) is 0 Å². The summed E-state index contributed by atoms with van der Waals surface area (Å²) in [7, 11) is 0. The van der Waals surface area contributed by atoms with E-state index in [1.54, 1.807) is 60.6 Å². The van der Waals surface area contributed by atoms with Gasteiger partial charge in [0, 0.05) is 0 Å². The molecule has 4 amide bonds. The van der Waals surface area contributed by atoms with Crippen LogP contribution >= 0.6 is 0 Å². The maximum Gasteiger partial charge on any atom is 0.408 e. The lowest BCUT2D eigenvalue weighted by Gasteiger charge is -2.29. The van der Waals surface area contributed by atoms with E-state index in [1.807, 2.05) is 30.3 Å². The standard InChI is InChI=1S/C30H44N4O7/c1-18(2)23-26(36)31-22(28(38)40-17-20-13-9-8-10-14-20)16-12-11-15-21(32-29(39)41-30(5,6)7)25(35)33-24(19(3)4)27(37)34-23/h8-14,18-19,21-24H,15-17H2,1-7H3,(H,31,36)(H,32,39)(H,33,35)(H,34,37)/b12-11-/t21-,22-,23?,24?/m0/s1. The Labute approximate surface area is 242 Å². The monoisotopic (exact) mass is 572 g/mol. The summed E-state index contributed by atoms with van der Waals surface area (Å²) in [6, 6.07) is 5.07. The van der Waals surface area contributed by atoms with E-state index in [2.05, 4.69) is 21.3 Å². The molecule has 0 fully saturated rings. The van der Waals surface area contributed by atoms with E-state index in [0.29, 0.717) is 0 Å². The number of hydrogen-bond donors (Lipinski definition) is 4. The fraction of sp³-hybridized carbons (Fsp3) is 0.567. The van der Waals surface area contributed by atoms with Crippen LogP contribution in [-0.2, 0) is 35.3 Å². The molecule has 2 rings (SSSR count). The van der Waals surface area contributed by atoms with Crippen molar-refractivity contribution in [2.45, 2.75) is 97.7 Å². The average molecular weight is 573 g/mol. The van der Waals surface area contributed by atoms with E-state index in [0.717, 1.165) is 5.56 Å². The first kappa shape index (κ1) is 33.3. The molecular formula is C30H44N4O7. The first-order valence-electron chi connectivity index (χ1n) is 13.9. The van der Waals surface area contributed by atoms with Crippen molar-refractivity contribution in [1.82, 2.24) is 21.3 Å². The maximum atomic E-state index is 13.3. The second kappa shape index (κ2) is 15.2. The van der Waals surface area contributed by atoms with Crippen molar-refractivity contribution in [3.63, 3.8) is 0 Å². The van der Waals surface area contributed by atoms with Crippen molar-refractivity contribution < 1.29 is 33.4 Å². The summed E-state index contributed by atoms with van der Waals surface area (Å²) < 4.78 is 10.8. The smallest absolute Gasteiger partial charge is 0.408 e. The van der Waals surface area contributed by atoms with Gasteiger partial charge in [-0.05, 0) is 51.0 Å². The van der Waals surface area contributed by atoms with Crippen LogP contribution < -0.4 is 21.3 Å². The molecule has 41 heavy (non-hydrogen) atoms. The normalized spacial score (nSPS) is 23.5. The highest BCUT2D eigenvalue weighted by molar-refractivity contribution is 5.95. The first-order chi connectivity index (χ1) is 19.2. The van der Waals surface area contributed by atoms with E-state index in [1.165, 1.54) is 0 Å². The van der Waals surface area contributed by atoms with Gasteiger partial charge in [-0.1, -0.05) is 70.2 Å². The molecule has 1 aliphatic rings. The van der Waals surface area contributed by atoms with Gasteiger partial charge in [-0.15, -0.1) is 0 Å². The predicted molar refractivity (Wildman–Crippen MR) is 153 cm³/mol. The van der Waals surface area contributed by atoms with Crippen LogP contribution in [0, 0.1) is 11.8 Å². The van der Waals surface area contributed by atoms with Gasteiger partial charge >= 0.3 is 12.1 Å². The molecule has 1 aromatic rings. The van der Waals surface area contributed by atoms with Gasteiger partial charge in [-0.25, -0.2) is 9.59 Å². The van der Waals surface area contributed by atoms with Crippen LogP contribution in [0.15, 0.2) is 42.5 Å². The number of amides is 4. The molecule has 1 aromatic carbocycles. The fourth-order valence-corrected chi connectivity index (χ4v) is 4.02. The Bertz CT molecular complexity index is 1100. The molecule has 226 valence electrons. The van der Waals surface area contributed by atoms with Gasteiger partial charge in [0.2, 0.25) is 17.7 Å². The molecule has 0 saturated carbocycles. The van der Waals surface area contributed by atoms with Crippen LogP contribution in [-0.4, -0.2) is 59.6 Å². The molecule has 4 atom stereocenters. The second-order valence-corrected chi connectivity index (χ2v) is 11.8. The number of esters is 1. The van der Waals surface area contributed by atoms with Gasteiger partial charge in [0.05, 0.1) is 0 Å². The highest BCUT2D eigenvalue weighted by Crippen LogP contribution is 2.12. The summed E-state index contributed by atoms with van der Waals surface area (Å²) in [6.07, 6.45) is 2.59. The summed E-state index contributed by atoms with van der Waals surface area (Å²) in [5, 5.41) is 10.7. The number of ether oxygens (including phenoxy) is 2. The van der Waals surface area contributed by atoms with Crippen molar-refractivity contribution in [3.8, 4) is 0 Å². The third-order valence-electron chi connectivity index (χ3n) is 6.24. The van der Waals surface area contributed by atoms with Crippen LogP contribution in [0.3, 0.4) is 0 Å². The lowest BCUT2D eigenvalue weighted by molar-refractivity contribution is -0.149. The lowest BCUT2D eigenvalue weighted by Crippen LogP contribution is -2.60. The van der Waals surface area contributed by atoms with Crippen LogP contribution in [0.2, 0.25) is 0 Å². The molecular weight excluding hydrogens is 528 g/mol. The largest absolute Gasteiger partial charge is 0.459 e. The third kappa shape index (κ3) is 11.3. The Balaban J connectivity index is 2.36. The molecule has 0 aromatic heterocycles. The Morgan fingerprint density at radius 2 is 1.39 bits per heavy atom. The highest BCUT2D eigenvalue weighted by atomic mass is 16.6. The van der Waals surface area contributed by atoms with Gasteiger partial charge in [-0.2, -0.15) is 0 Å². The first-order valence-corrected chi connectivity index (χ1v) is 13.9. The molecule has 1 heterocycles. The summed E-state index contributed by atoms with van der Waals surface area (Å²) in [5.74, 6) is -2.99. The summed E-state index contributed by atoms with van der Waals surface area (Å²) in [4.78, 5) is 65.4. The summed E-state index contributed by atoms with van der Waals surface area (Å²) >= 11 is 0. The van der Waals surface area contributed by atoms with Crippen molar-refractivity contribution in [3.05, 3.63) is 48.0 Å². The molecule has 0 aliphatic carbocycles. The van der Waals surface area contributed by atoms with E-state index in [4.69, 9.17) is 9.47 Å². The number of carbonyl (C=O) groups excluding carboxylic acids is 5. The minimum Gasteiger partial charge on any atom is -0.459 e. The quantitative estimate of drug-likeness (QED) is 0.302. The number of rotatable bonds is 6.